The van der Waals surface area contributed by atoms with Gasteiger partial charge < -0.3 is 14.4 Å². The number of nitrogens with one attached hydrogen (secondary N) is 1. The quantitative estimate of drug-likeness (QED) is 0.770. The molecule has 0 spiro atoms. The van der Waals surface area contributed by atoms with Crippen LogP contribution in [-0.4, -0.2) is 26.2 Å². The van der Waals surface area contributed by atoms with Gasteiger partial charge in [-0.2, -0.15) is 4.98 Å². The Labute approximate surface area is 115 Å². The van der Waals surface area contributed by atoms with Crippen molar-refractivity contribution in [3.05, 3.63) is 36.2 Å². The summed E-state index contributed by atoms with van der Waals surface area (Å²) >= 11 is 0. The Hall–Kier alpha value is -2.63. The minimum Gasteiger partial charge on any atom is -0.369 e. The van der Waals surface area contributed by atoms with Crippen LogP contribution in [-0.2, 0) is 13.5 Å². The van der Waals surface area contributed by atoms with E-state index in [4.69, 9.17) is 4.52 Å². The highest BCUT2D eigenvalue weighted by Crippen LogP contribution is 2.30. The van der Waals surface area contributed by atoms with Crippen molar-refractivity contribution in [1.29, 1.82) is 0 Å². The van der Waals surface area contributed by atoms with Gasteiger partial charge in [0.2, 0.25) is 5.82 Å². The van der Waals surface area contributed by atoms with Crippen molar-refractivity contribution in [3.63, 3.8) is 0 Å². The molecule has 6 nitrogen and oxygen atoms in total. The van der Waals surface area contributed by atoms with E-state index >= 15 is 0 Å². The third-order valence-electron chi connectivity index (χ3n) is 3.55. The first-order valence-electron chi connectivity index (χ1n) is 6.50. The Kier molecular flexibility index (Phi) is 2.35. The average molecular weight is 267 g/mol. The Morgan fingerprint density at radius 3 is 3.15 bits per heavy atom. The first-order chi connectivity index (χ1) is 9.83. The number of hydrogen-bond donors (Lipinski definition) is 1. The van der Waals surface area contributed by atoms with Crippen molar-refractivity contribution in [2.75, 3.05) is 11.9 Å². The predicted octanol–water partition coefficient (Wildman–Crippen LogP) is 2.11. The van der Waals surface area contributed by atoms with Crippen LogP contribution in [0.2, 0.25) is 0 Å². The molecule has 1 aliphatic rings. The highest BCUT2D eigenvalue weighted by molar-refractivity contribution is 5.69. The van der Waals surface area contributed by atoms with E-state index < -0.39 is 0 Å². The lowest BCUT2D eigenvalue weighted by atomic mass is 10.1. The maximum absolute atomic E-state index is 5.38. The molecule has 4 rings (SSSR count). The lowest BCUT2D eigenvalue weighted by Gasteiger charge is -2.01. The highest BCUT2D eigenvalue weighted by Gasteiger charge is 2.20. The van der Waals surface area contributed by atoms with Crippen molar-refractivity contribution >= 4 is 5.82 Å². The molecule has 1 N–H and O–H groups in total. The number of rotatable bonds is 2. The summed E-state index contributed by atoms with van der Waals surface area (Å²) in [4.78, 5) is 8.82. The van der Waals surface area contributed by atoms with Crippen LogP contribution in [0.1, 0.15) is 5.56 Å². The molecular weight excluding hydrogens is 254 g/mol. The van der Waals surface area contributed by atoms with E-state index in [0.717, 1.165) is 35.6 Å². The molecule has 6 heteroatoms. The van der Waals surface area contributed by atoms with Crippen LogP contribution in [0.5, 0.6) is 0 Å². The molecule has 0 aliphatic carbocycles. The Balaban J connectivity index is 1.80. The summed E-state index contributed by atoms with van der Waals surface area (Å²) in [6, 6.07) is 5.84. The second kappa shape index (κ2) is 4.19. The SMILES string of the molecule is Cn1cccc1-c1nc(-c2ccnc3c2CCN3)no1. The van der Waals surface area contributed by atoms with Gasteiger partial charge in [0.15, 0.2) is 0 Å². The third kappa shape index (κ3) is 1.61. The maximum atomic E-state index is 5.38. The first-order valence-corrected chi connectivity index (χ1v) is 6.50. The highest BCUT2D eigenvalue weighted by atomic mass is 16.5. The first kappa shape index (κ1) is 11.2. The molecule has 0 atom stereocenters. The predicted molar refractivity (Wildman–Crippen MR) is 74.1 cm³/mol. The molecule has 0 bridgehead atoms. The number of fused-ring (bicyclic) bond motifs is 1. The van der Waals surface area contributed by atoms with E-state index in [1.807, 2.05) is 36.0 Å². The minimum atomic E-state index is 0.531. The summed E-state index contributed by atoms with van der Waals surface area (Å²) in [5.74, 6) is 2.07. The van der Waals surface area contributed by atoms with Crippen LogP contribution in [0.4, 0.5) is 5.82 Å². The summed E-state index contributed by atoms with van der Waals surface area (Å²) in [5.41, 5.74) is 3.06. The van der Waals surface area contributed by atoms with Crippen LogP contribution < -0.4 is 5.32 Å². The van der Waals surface area contributed by atoms with Gasteiger partial charge in [-0.15, -0.1) is 0 Å². The van der Waals surface area contributed by atoms with Crippen molar-refractivity contribution in [1.82, 2.24) is 19.7 Å². The van der Waals surface area contributed by atoms with Crippen LogP contribution in [0, 0.1) is 0 Å². The standard InChI is InChI=1S/C14H13N5O/c1-19-8-2-3-11(19)14-17-13(18-20-14)10-5-7-16-12-9(10)4-6-15-12/h2-3,5,7-8H,4,6H2,1H3,(H,15,16). The van der Waals surface area contributed by atoms with Gasteiger partial charge in [-0.3, -0.25) is 0 Å². The smallest absolute Gasteiger partial charge is 0.274 e. The summed E-state index contributed by atoms with van der Waals surface area (Å²) in [6.07, 6.45) is 4.66. The molecule has 0 aromatic carbocycles. The lowest BCUT2D eigenvalue weighted by Crippen LogP contribution is -1.92. The Morgan fingerprint density at radius 2 is 2.30 bits per heavy atom. The van der Waals surface area contributed by atoms with Crippen molar-refractivity contribution in [3.8, 4) is 23.0 Å². The zero-order valence-electron chi connectivity index (χ0n) is 11.0. The third-order valence-corrected chi connectivity index (χ3v) is 3.55. The molecule has 0 radical (unpaired) electrons. The van der Waals surface area contributed by atoms with Crippen molar-refractivity contribution < 1.29 is 4.52 Å². The zero-order chi connectivity index (χ0) is 13.5. The van der Waals surface area contributed by atoms with Gasteiger partial charge in [0.1, 0.15) is 11.5 Å². The molecule has 3 aromatic heterocycles. The molecular formula is C14H13N5O. The minimum absolute atomic E-state index is 0.531. The molecule has 0 amide bonds. The molecule has 0 unspecified atom stereocenters. The van der Waals surface area contributed by atoms with Crippen LogP contribution in [0.25, 0.3) is 23.0 Å². The fourth-order valence-electron chi connectivity index (χ4n) is 2.53. The second-order valence-corrected chi connectivity index (χ2v) is 4.79. The largest absolute Gasteiger partial charge is 0.369 e. The molecule has 0 saturated heterocycles. The van der Waals surface area contributed by atoms with Gasteiger partial charge in [-0.1, -0.05) is 5.16 Å². The molecule has 0 saturated carbocycles. The van der Waals surface area contributed by atoms with E-state index in [0.29, 0.717) is 11.7 Å². The molecule has 4 heterocycles. The van der Waals surface area contributed by atoms with Crippen LogP contribution >= 0.6 is 0 Å². The van der Waals surface area contributed by atoms with Gasteiger partial charge in [0, 0.05) is 37.1 Å². The number of nitrogens with zero attached hydrogens (tertiary/aromatic N) is 4. The molecule has 1 aliphatic heterocycles. The lowest BCUT2D eigenvalue weighted by molar-refractivity contribution is 0.429. The molecule has 100 valence electrons. The maximum Gasteiger partial charge on any atom is 0.274 e. The van der Waals surface area contributed by atoms with Gasteiger partial charge in [-0.25, -0.2) is 4.98 Å². The Bertz CT molecular complexity index is 773. The van der Waals surface area contributed by atoms with E-state index in [1.165, 1.54) is 0 Å². The summed E-state index contributed by atoms with van der Waals surface area (Å²) in [7, 11) is 1.95. The fraction of sp³-hybridized carbons (Fsp3) is 0.214. The van der Waals surface area contributed by atoms with Gasteiger partial charge in [0.25, 0.3) is 5.89 Å². The fourth-order valence-corrected chi connectivity index (χ4v) is 2.53. The van der Waals surface area contributed by atoms with E-state index in [-0.39, 0.29) is 0 Å². The normalized spacial score (nSPS) is 13.2. The average Bonchev–Trinajstić information content (AvgIpc) is 3.17. The molecule has 3 aromatic rings. The zero-order valence-corrected chi connectivity index (χ0v) is 11.0. The summed E-state index contributed by atoms with van der Waals surface area (Å²) in [6.45, 7) is 0.905. The number of pyridine rings is 1. The van der Waals surface area contributed by atoms with Crippen LogP contribution in [0.15, 0.2) is 35.1 Å². The topological polar surface area (TPSA) is 68.8 Å². The number of aryl methyl sites for hydroxylation is 1. The number of aromatic nitrogens is 4. The monoisotopic (exact) mass is 267 g/mol. The van der Waals surface area contributed by atoms with E-state index in [9.17, 15) is 0 Å². The van der Waals surface area contributed by atoms with Crippen molar-refractivity contribution in [2.45, 2.75) is 6.42 Å². The van der Waals surface area contributed by atoms with Crippen LogP contribution in [0.3, 0.4) is 0 Å². The molecule has 20 heavy (non-hydrogen) atoms. The molecule has 0 fully saturated rings. The number of anilines is 1. The van der Waals surface area contributed by atoms with Gasteiger partial charge in [-0.05, 0) is 24.6 Å². The summed E-state index contributed by atoms with van der Waals surface area (Å²) in [5, 5.41) is 7.36. The van der Waals surface area contributed by atoms with Crippen molar-refractivity contribution in [2.24, 2.45) is 7.05 Å². The second-order valence-electron chi connectivity index (χ2n) is 4.79. The van der Waals surface area contributed by atoms with Gasteiger partial charge in [0.05, 0.1) is 0 Å². The Morgan fingerprint density at radius 1 is 1.35 bits per heavy atom. The van der Waals surface area contributed by atoms with E-state index in [2.05, 4.69) is 20.4 Å². The number of hydrogen-bond acceptors (Lipinski definition) is 5. The summed E-state index contributed by atoms with van der Waals surface area (Å²) < 4.78 is 7.34. The van der Waals surface area contributed by atoms with E-state index in [1.54, 1.807) is 6.20 Å². The van der Waals surface area contributed by atoms with Gasteiger partial charge >= 0.3 is 0 Å².